The average molecular weight is 640 g/mol. The van der Waals surface area contributed by atoms with Crippen LogP contribution in [0, 0.1) is 20.2 Å². The van der Waals surface area contributed by atoms with Crippen LogP contribution in [0.5, 0.6) is 0 Å². The molecule has 0 bridgehead atoms. The zero-order valence-corrected chi connectivity index (χ0v) is 21.5. The van der Waals surface area contributed by atoms with Crippen molar-refractivity contribution in [1.82, 2.24) is 5.32 Å². The highest BCUT2D eigenvalue weighted by atomic mass is 127. The number of phosphoric ester groups is 1. The number of anilines is 1. The van der Waals surface area contributed by atoms with Crippen LogP contribution in [0.3, 0.4) is 0 Å². The second-order valence-corrected chi connectivity index (χ2v) is 10.4. The van der Waals surface area contributed by atoms with Gasteiger partial charge in [0.2, 0.25) is 0 Å². The van der Waals surface area contributed by atoms with Gasteiger partial charge in [-0.05, 0) is 12.5 Å². The highest BCUT2D eigenvalue weighted by Crippen LogP contribution is 2.43. The normalized spacial score (nSPS) is 13.1. The molecule has 16 nitrogen and oxygen atoms in total. The first kappa shape index (κ1) is 30.1. The lowest BCUT2D eigenvalue weighted by Gasteiger charge is -2.12. The van der Waals surface area contributed by atoms with Gasteiger partial charge in [-0.15, -0.1) is 0 Å². The van der Waals surface area contributed by atoms with Crippen LogP contribution in [0.1, 0.15) is 16.8 Å². The van der Waals surface area contributed by atoms with Crippen molar-refractivity contribution in [1.29, 1.82) is 0 Å². The summed E-state index contributed by atoms with van der Waals surface area (Å²) in [6.45, 7) is -1.11. The lowest BCUT2D eigenvalue weighted by molar-refractivity contribution is -0.394. The second kappa shape index (κ2) is 13.8. The maximum absolute atomic E-state index is 12.6. The molecule has 0 saturated heterocycles. The van der Waals surface area contributed by atoms with Crippen LogP contribution in [0.15, 0.2) is 12.1 Å². The SMILES string of the molecule is CS(=O)(=O)OCCNc1ccc([N+](=O)[O-])c(C(=O)NCCCOP(=O)(O)OCCI)c1[N+](=O)[O-]. The van der Waals surface area contributed by atoms with E-state index >= 15 is 0 Å². The van der Waals surface area contributed by atoms with Gasteiger partial charge >= 0.3 is 13.5 Å². The van der Waals surface area contributed by atoms with Crippen LogP contribution in [0.25, 0.3) is 0 Å². The predicted molar refractivity (Wildman–Crippen MR) is 127 cm³/mol. The smallest absolute Gasteiger partial charge is 0.377 e. The molecule has 34 heavy (non-hydrogen) atoms. The molecule has 1 aromatic rings. The zero-order valence-electron chi connectivity index (χ0n) is 17.7. The van der Waals surface area contributed by atoms with E-state index < -0.39 is 50.6 Å². The molecular weight excluding hydrogens is 618 g/mol. The summed E-state index contributed by atoms with van der Waals surface area (Å²) in [4.78, 5) is 43.0. The number of alkyl halides is 1. The monoisotopic (exact) mass is 640 g/mol. The molecule has 19 heteroatoms. The van der Waals surface area contributed by atoms with Crippen molar-refractivity contribution in [3.63, 3.8) is 0 Å². The van der Waals surface area contributed by atoms with Crippen molar-refractivity contribution in [3.8, 4) is 0 Å². The molecule has 0 radical (unpaired) electrons. The maximum Gasteiger partial charge on any atom is 0.472 e. The Morgan fingerprint density at radius 3 is 2.35 bits per heavy atom. The summed E-state index contributed by atoms with van der Waals surface area (Å²) in [6.07, 6.45) is 0.804. The van der Waals surface area contributed by atoms with Crippen LogP contribution < -0.4 is 10.6 Å². The van der Waals surface area contributed by atoms with E-state index in [1.165, 1.54) is 0 Å². The van der Waals surface area contributed by atoms with Crippen LogP contribution in [-0.2, 0) is 27.9 Å². The van der Waals surface area contributed by atoms with E-state index in [-0.39, 0.29) is 45.0 Å². The number of nitro benzene ring substituents is 2. The second-order valence-electron chi connectivity index (χ2n) is 6.26. The van der Waals surface area contributed by atoms with Gasteiger partial charge in [-0.25, -0.2) is 4.57 Å². The van der Waals surface area contributed by atoms with Crippen molar-refractivity contribution in [2.75, 3.05) is 48.9 Å². The highest BCUT2D eigenvalue weighted by Gasteiger charge is 2.34. The Bertz CT molecular complexity index is 1050. The number of hydrogen-bond acceptors (Lipinski definition) is 12. The van der Waals surface area contributed by atoms with E-state index in [2.05, 4.69) is 19.3 Å². The van der Waals surface area contributed by atoms with Crippen LogP contribution in [0.2, 0.25) is 0 Å². The van der Waals surface area contributed by atoms with Gasteiger partial charge in [-0.3, -0.25) is 38.3 Å². The minimum atomic E-state index is -4.26. The molecule has 0 aliphatic carbocycles. The summed E-state index contributed by atoms with van der Waals surface area (Å²) in [5, 5.41) is 27.8. The van der Waals surface area contributed by atoms with Crippen molar-refractivity contribution < 1.29 is 45.7 Å². The molecular formula is C15H22IN4O12PS. The predicted octanol–water partition coefficient (Wildman–Crippen LogP) is 1.58. The number of carbonyl (C=O) groups excluding carboxylic acids is 1. The molecule has 1 amide bonds. The highest BCUT2D eigenvalue weighted by molar-refractivity contribution is 14.1. The average Bonchev–Trinajstić information content (AvgIpc) is 2.73. The van der Waals surface area contributed by atoms with E-state index in [1.807, 2.05) is 22.6 Å². The number of halogens is 1. The Kier molecular flexibility index (Phi) is 12.2. The van der Waals surface area contributed by atoms with Crippen molar-refractivity contribution in [2.45, 2.75) is 6.42 Å². The Morgan fingerprint density at radius 2 is 1.79 bits per heavy atom. The topological polar surface area (TPSA) is 227 Å². The molecule has 0 saturated carbocycles. The Morgan fingerprint density at radius 1 is 1.15 bits per heavy atom. The van der Waals surface area contributed by atoms with Gasteiger partial charge in [0.15, 0.2) is 5.56 Å². The molecule has 1 rings (SSSR count). The van der Waals surface area contributed by atoms with E-state index in [0.717, 1.165) is 18.4 Å². The summed E-state index contributed by atoms with van der Waals surface area (Å²) < 4.78 is 47.8. The number of carbonyl (C=O) groups is 1. The van der Waals surface area contributed by atoms with Gasteiger partial charge in [0.25, 0.3) is 21.7 Å². The summed E-state index contributed by atoms with van der Waals surface area (Å²) in [7, 11) is -8.01. The Hall–Kier alpha value is -1.96. The molecule has 0 aliphatic rings. The first-order valence-electron chi connectivity index (χ1n) is 9.29. The number of rotatable bonds is 16. The summed E-state index contributed by atoms with van der Waals surface area (Å²) >= 11 is 1.93. The lowest BCUT2D eigenvalue weighted by atomic mass is 10.1. The van der Waals surface area contributed by atoms with Crippen molar-refractivity contribution >= 4 is 63.5 Å². The van der Waals surface area contributed by atoms with E-state index in [4.69, 9.17) is 4.52 Å². The quantitative estimate of drug-likeness (QED) is 0.0444. The number of benzene rings is 1. The van der Waals surface area contributed by atoms with Crippen LogP contribution >= 0.6 is 30.4 Å². The Labute approximate surface area is 207 Å². The number of amides is 1. The molecule has 3 N–H and O–H groups in total. The standard InChI is InChI=1S/C15H22IN4O12PS/c1-34(28,29)32-10-7-17-11-3-4-12(19(22)23)13(14(11)20(24)25)15(21)18-6-2-8-30-33(26,27)31-9-5-16/h3-4,17H,2,5-10H2,1H3,(H,18,21)(H,26,27). The molecule has 0 spiro atoms. The third-order valence-electron chi connectivity index (χ3n) is 3.67. The molecule has 0 heterocycles. The van der Waals surface area contributed by atoms with E-state index in [9.17, 15) is 42.9 Å². The number of nitrogens with one attached hydrogen (secondary N) is 2. The molecule has 1 atom stereocenters. The number of nitrogens with zero attached hydrogens (tertiary/aromatic N) is 2. The molecule has 192 valence electrons. The first-order valence-corrected chi connectivity index (χ1v) is 14.1. The summed E-state index contributed by atoms with van der Waals surface area (Å²) in [5.41, 5.74) is -2.82. The Balaban J connectivity index is 2.94. The molecule has 0 aromatic heterocycles. The molecule has 1 unspecified atom stereocenters. The van der Waals surface area contributed by atoms with Crippen molar-refractivity contribution in [2.24, 2.45) is 0 Å². The van der Waals surface area contributed by atoms with Gasteiger partial charge in [0, 0.05) is 23.6 Å². The van der Waals surface area contributed by atoms with Crippen molar-refractivity contribution in [3.05, 3.63) is 37.9 Å². The van der Waals surface area contributed by atoms with Gasteiger partial charge in [0.05, 0.1) is 35.9 Å². The zero-order chi connectivity index (χ0) is 25.9. The summed E-state index contributed by atoms with van der Waals surface area (Å²) in [5.74, 6) is -1.14. The number of phosphoric acid groups is 1. The maximum atomic E-state index is 12.6. The third-order valence-corrected chi connectivity index (χ3v) is 5.72. The summed E-state index contributed by atoms with van der Waals surface area (Å²) in [6, 6.07) is 1.90. The molecule has 0 fully saturated rings. The largest absolute Gasteiger partial charge is 0.472 e. The molecule has 1 aromatic carbocycles. The van der Waals surface area contributed by atoms with E-state index in [0.29, 0.717) is 4.43 Å². The fourth-order valence-electron chi connectivity index (χ4n) is 2.40. The fraction of sp³-hybridized carbons (Fsp3) is 0.533. The lowest BCUT2D eigenvalue weighted by Crippen LogP contribution is -2.27. The van der Waals surface area contributed by atoms with Gasteiger partial charge in [-0.1, -0.05) is 22.6 Å². The fourth-order valence-corrected chi connectivity index (χ4v) is 4.11. The minimum absolute atomic E-state index is 0.00769. The number of hydrogen-bond donors (Lipinski definition) is 3. The first-order chi connectivity index (χ1) is 15.8. The minimum Gasteiger partial charge on any atom is -0.377 e. The molecule has 0 aliphatic heterocycles. The van der Waals surface area contributed by atoms with E-state index in [1.54, 1.807) is 0 Å². The van der Waals surface area contributed by atoms with Gasteiger partial charge in [0.1, 0.15) is 5.69 Å². The van der Waals surface area contributed by atoms with Crippen LogP contribution in [0.4, 0.5) is 17.1 Å². The number of nitro groups is 2. The van der Waals surface area contributed by atoms with Gasteiger partial charge < -0.3 is 15.5 Å². The third kappa shape index (κ3) is 10.5. The van der Waals surface area contributed by atoms with Gasteiger partial charge in [-0.2, -0.15) is 8.42 Å². The van der Waals surface area contributed by atoms with Crippen LogP contribution in [-0.4, -0.2) is 72.7 Å².